The molecule has 1 aliphatic heterocycles. The summed E-state index contributed by atoms with van der Waals surface area (Å²) in [6, 6.07) is 9.89. The molecule has 3 rings (SSSR count). The summed E-state index contributed by atoms with van der Waals surface area (Å²) >= 11 is 12.5. The first kappa shape index (κ1) is 14.5. The molecule has 110 valence electrons. The highest BCUT2D eigenvalue weighted by Gasteiger charge is 2.21. The van der Waals surface area contributed by atoms with Crippen molar-refractivity contribution in [3.8, 4) is 11.5 Å². The Morgan fingerprint density at radius 1 is 1.05 bits per heavy atom. The monoisotopic (exact) mass is 326 g/mol. The second-order valence-corrected chi connectivity index (χ2v) is 5.60. The molecule has 1 heterocycles. The Morgan fingerprint density at radius 2 is 1.81 bits per heavy atom. The molecule has 0 aliphatic carbocycles. The second kappa shape index (κ2) is 6.12. The minimum absolute atomic E-state index is 0.273. The van der Waals surface area contributed by atoms with E-state index >= 15 is 0 Å². The highest BCUT2D eigenvalue weighted by Crippen LogP contribution is 2.39. The van der Waals surface area contributed by atoms with Crippen molar-refractivity contribution in [3.05, 3.63) is 58.4 Å². The normalized spacial score (nSPS) is 15.4. The van der Waals surface area contributed by atoms with Crippen molar-refractivity contribution in [1.82, 2.24) is 0 Å². The summed E-state index contributed by atoms with van der Waals surface area (Å²) in [5, 5.41) is -0.377. The van der Waals surface area contributed by atoms with Gasteiger partial charge in [-0.2, -0.15) is 0 Å². The summed E-state index contributed by atoms with van der Waals surface area (Å²) in [5.74, 6) is 0.887. The van der Waals surface area contributed by atoms with E-state index in [9.17, 15) is 4.39 Å². The summed E-state index contributed by atoms with van der Waals surface area (Å²) in [6.45, 7) is 1.21. The molecule has 0 saturated heterocycles. The first-order valence-corrected chi connectivity index (χ1v) is 7.46. The molecular formula is C16H13Cl2FO2. The Bertz CT molecular complexity index is 640. The Labute approximate surface area is 132 Å². The second-order valence-electron chi connectivity index (χ2n) is 4.75. The predicted molar refractivity (Wildman–Crippen MR) is 81.2 cm³/mol. The van der Waals surface area contributed by atoms with Crippen LogP contribution in [0.3, 0.4) is 0 Å². The summed E-state index contributed by atoms with van der Waals surface area (Å²) in [4.78, 5) is 0. The molecule has 1 aliphatic rings. The SMILES string of the molecule is Fc1cccc(Cl)c1C(Cl)c1ccc2c(c1)OCCCO2. The van der Waals surface area contributed by atoms with E-state index in [2.05, 4.69) is 0 Å². The van der Waals surface area contributed by atoms with Crippen LogP contribution in [0.25, 0.3) is 0 Å². The predicted octanol–water partition coefficient (Wildman–Crippen LogP) is 4.97. The van der Waals surface area contributed by atoms with E-state index < -0.39 is 11.2 Å². The smallest absolute Gasteiger partial charge is 0.161 e. The van der Waals surface area contributed by atoms with Gasteiger partial charge in [-0.1, -0.05) is 23.7 Å². The van der Waals surface area contributed by atoms with Crippen molar-refractivity contribution in [2.24, 2.45) is 0 Å². The van der Waals surface area contributed by atoms with Crippen molar-refractivity contribution in [3.63, 3.8) is 0 Å². The third-order valence-electron chi connectivity index (χ3n) is 3.32. The van der Waals surface area contributed by atoms with Gasteiger partial charge in [0, 0.05) is 17.0 Å². The van der Waals surface area contributed by atoms with Crippen molar-refractivity contribution in [1.29, 1.82) is 0 Å². The molecule has 0 N–H and O–H groups in total. The van der Waals surface area contributed by atoms with E-state index in [1.165, 1.54) is 6.07 Å². The summed E-state index contributed by atoms with van der Waals surface area (Å²) < 4.78 is 25.2. The molecule has 0 saturated carbocycles. The first-order valence-electron chi connectivity index (χ1n) is 6.64. The number of rotatable bonds is 2. The number of alkyl halides is 1. The minimum Gasteiger partial charge on any atom is -0.490 e. The van der Waals surface area contributed by atoms with Gasteiger partial charge in [0.15, 0.2) is 11.5 Å². The van der Waals surface area contributed by atoms with E-state index in [1.807, 2.05) is 0 Å². The van der Waals surface area contributed by atoms with E-state index in [0.29, 0.717) is 35.3 Å². The maximum Gasteiger partial charge on any atom is 0.161 e. The lowest BCUT2D eigenvalue weighted by Crippen LogP contribution is -2.00. The fourth-order valence-electron chi connectivity index (χ4n) is 2.26. The molecule has 1 unspecified atom stereocenters. The van der Waals surface area contributed by atoms with Gasteiger partial charge >= 0.3 is 0 Å². The third kappa shape index (κ3) is 2.94. The molecule has 0 radical (unpaired) electrons. The standard InChI is InChI=1S/C16H13Cl2FO2/c17-11-3-1-4-12(19)15(11)16(18)10-5-6-13-14(9-10)21-8-2-7-20-13/h1,3-6,9,16H,2,7-8H2. The fraction of sp³-hybridized carbons (Fsp3) is 0.250. The average molecular weight is 327 g/mol. The first-order chi connectivity index (χ1) is 10.2. The third-order valence-corrected chi connectivity index (χ3v) is 4.12. The summed E-state index contributed by atoms with van der Waals surface area (Å²) in [7, 11) is 0. The van der Waals surface area contributed by atoms with Crippen LogP contribution in [0.2, 0.25) is 5.02 Å². The van der Waals surface area contributed by atoms with Gasteiger partial charge in [-0.15, -0.1) is 11.6 Å². The zero-order valence-corrected chi connectivity index (χ0v) is 12.6. The van der Waals surface area contributed by atoms with Gasteiger partial charge in [0.2, 0.25) is 0 Å². The number of hydrogen-bond acceptors (Lipinski definition) is 2. The van der Waals surface area contributed by atoms with Gasteiger partial charge in [-0.05, 0) is 29.8 Å². The number of fused-ring (bicyclic) bond motifs is 1. The van der Waals surface area contributed by atoms with Crippen LogP contribution in [0.5, 0.6) is 11.5 Å². The van der Waals surface area contributed by atoms with Gasteiger partial charge < -0.3 is 9.47 Å². The van der Waals surface area contributed by atoms with Crippen molar-refractivity contribution >= 4 is 23.2 Å². The largest absolute Gasteiger partial charge is 0.490 e. The lowest BCUT2D eigenvalue weighted by molar-refractivity contribution is 0.297. The molecule has 1 atom stereocenters. The van der Waals surface area contributed by atoms with E-state index in [-0.39, 0.29) is 5.56 Å². The highest BCUT2D eigenvalue weighted by molar-refractivity contribution is 6.33. The molecule has 0 spiro atoms. The molecule has 5 heteroatoms. The van der Waals surface area contributed by atoms with Crippen LogP contribution in [0, 0.1) is 5.82 Å². The molecule has 2 aromatic carbocycles. The zero-order valence-electron chi connectivity index (χ0n) is 11.1. The molecule has 2 aromatic rings. The number of hydrogen-bond donors (Lipinski definition) is 0. The molecular weight excluding hydrogens is 314 g/mol. The molecule has 0 fully saturated rings. The minimum atomic E-state index is -0.684. The van der Waals surface area contributed by atoms with Crippen LogP contribution in [-0.4, -0.2) is 13.2 Å². The molecule has 0 aromatic heterocycles. The fourth-order valence-corrected chi connectivity index (χ4v) is 2.94. The van der Waals surface area contributed by atoms with Crippen molar-refractivity contribution < 1.29 is 13.9 Å². The van der Waals surface area contributed by atoms with Crippen LogP contribution >= 0.6 is 23.2 Å². The molecule has 2 nitrogen and oxygen atoms in total. The van der Waals surface area contributed by atoms with Gasteiger partial charge in [-0.25, -0.2) is 4.39 Å². The Morgan fingerprint density at radius 3 is 2.57 bits per heavy atom. The van der Waals surface area contributed by atoms with E-state index in [1.54, 1.807) is 30.3 Å². The van der Waals surface area contributed by atoms with Crippen LogP contribution in [0.1, 0.15) is 22.9 Å². The quantitative estimate of drug-likeness (QED) is 0.725. The Kier molecular flexibility index (Phi) is 4.22. The molecule has 0 amide bonds. The average Bonchev–Trinajstić information content (AvgIpc) is 2.71. The van der Waals surface area contributed by atoms with Crippen LogP contribution < -0.4 is 9.47 Å². The van der Waals surface area contributed by atoms with Crippen molar-refractivity contribution in [2.75, 3.05) is 13.2 Å². The molecule has 21 heavy (non-hydrogen) atoms. The lowest BCUT2D eigenvalue weighted by atomic mass is 10.0. The van der Waals surface area contributed by atoms with Gasteiger partial charge in [0.05, 0.1) is 18.6 Å². The van der Waals surface area contributed by atoms with Crippen LogP contribution in [0.15, 0.2) is 36.4 Å². The summed E-state index contributed by atoms with van der Waals surface area (Å²) in [6.07, 6.45) is 0.827. The van der Waals surface area contributed by atoms with Crippen LogP contribution in [0.4, 0.5) is 4.39 Å². The maximum absolute atomic E-state index is 14.0. The number of benzene rings is 2. The topological polar surface area (TPSA) is 18.5 Å². The number of halogens is 3. The van der Waals surface area contributed by atoms with Gasteiger partial charge in [0.25, 0.3) is 0 Å². The lowest BCUT2D eigenvalue weighted by Gasteiger charge is -2.15. The Hall–Kier alpha value is -1.45. The zero-order chi connectivity index (χ0) is 14.8. The summed E-state index contributed by atoms with van der Waals surface area (Å²) in [5.41, 5.74) is 0.989. The van der Waals surface area contributed by atoms with Crippen molar-refractivity contribution in [2.45, 2.75) is 11.8 Å². The van der Waals surface area contributed by atoms with Gasteiger partial charge in [0.1, 0.15) is 5.82 Å². The maximum atomic E-state index is 14.0. The van der Waals surface area contributed by atoms with Gasteiger partial charge in [-0.3, -0.25) is 0 Å². The molecule has 0 bridgehead atoms. The van der Waals surface area contributed by atoms with E-state index in [4.69, 9.17) is 32.7 Å². The Balaban J connectivity index is 1.98. The van der Waals surface area contributed by atoms with Crippen LogP contribution in [-0.2, 0) is 0 Å². The van der Waals surface area contributed by atoms with E-state index in [0.717, 1.165) is 6.42 Å². The highest BCUT2D eigenvalue weighted by atomic mass is 35.5. The number of ether oxygens (including phenoxy) is 2.